The van der Waals surface area contributed by atoms with E-state index in [1.807, 2.05) is 30.0 Å². The van der Waals surface area contributed by atoms with Gasteiger partial charge in [-0.1, -0.05) is 25.8 Å². The smallest absolute Gasteiger partial charge is 0.247 e. The first-order chi connectivity index (χ1) is 18.3. The Balaban J connectivity index is 1.48. The first-order valence-corrected chi connectivity index (χ1v) is 12.8. The second-order valence-corrected chi connectivity index (χ2v) is 9.45. The molecule has 1 fully saturated rings. The molecule has 3 aromatic rings. The Morgan fingerprint density at radius 1 is 1.18 bits per heavy atom. The standard InChI is InChI=1S/C28H33N7O3/c1-4-5-6-24-28(38)34(16-20-7-10-22-23(15-20)30-17-31-27(22)29)13-14-35(24)26(37)12-9-21-8-11-25(32-18(21)2)33-19(3)36/h7-12,15,17,24H,4-6,13-14,16H2,1-3H3,(H2,29,30,31)(H,32,33,36)/t24-/m0/s1. The highest BCUT2D eigenvalue weighted by atomic mass is 16.2. The van der Waals surface area contributed by atoms with Gasteiger partial charge in [-0.2, -0.15) is 0 Å². The molecule has 3 heterocycles. The maximum atomic E-state index is 13.5. The van der Waals surface area contributed by atoms with Crippen LogP contribution in [0.2, 0.25) is 0 Å². The molecule has 38 heavy (non-hydrogen) atoms. The summed E-state index contributed by atoms with van der Waals surface area (Å²) in [6.07, 6.45) is 7.02. The molecule has 1 aromatic carbocycles. The highest BCUT2D eigenvalue weighted by Gasteiger charge is 2.36. The van der Waals surface area contributed by atoms with Crippen LogP contribution in [0, 0.1) is 6.92 Å². The van der Waals surface area contributed by atoms with Gasteiger partial charge in [-0.25, -0.2) is 15.0 Å². The number of fused-ring (bicyclic) bond motifs is 1. The first-order valence-electron chi connectivity index (χ1n) is 12.8. The second kappa shape index (κ2) is 11.8. The van der Waals surface area contributed by atoms with E-state index in [-0.39, 0.29) is 17.7 Å². The quantitative estimate of drug-likeness (QED) is 0.440. The predicted molar refractivity (Wildman–Crippen MR) is 147 cm³/mol. The van der Waals surface area contributed by atoms with Gasteiger partial charge in [0, 0.05) is 43.7 Å². The van der Waals surface area contributed by atoms with Crippen LogP contribution in [0.25, 0.3) is 17.0 Å². The van der Waals surface area contributed by atoms with E-state index < -0.39 is 6.04 Å². The molecule has 3 N–H and O–H groups in total. The van der Waals surface area contributed by atoms with Crippen LogP contribution >= 0.6 is 0 Å². The fourth-order valence-electron chi connectivity index (χ4n) is 4.63. The lowest BCUT2D eigenvalue weighted by Gasteiger charge is -2.40. The zero-order valence-electron chi connectivity index (χ0n) is 22.0. The number of rotatable bonds is 8. The Hall–Kier alpha value is -4.34. The summed E-state index contributed by atoms with van der Waals surface area (Å²) in [7, 11) is 0. The molecule has 0 radical (unpaired) electrons. The molecule has 3 amide bonds. The van der Waals surface area contributed by atoms with Crippen LogP contribution < -0.4 is 11.1 Å². The number of aromatic nitrogens is 3. The van der Waals surface area contributed by atoms with Crippen LogP contribution in [0.4, 0.5) is 11.6 Å². The Morgan fingerprint density at radius 2 is 2.00 bits per heavy atom. The molecule has 0 bridgehead atoms. The van der Waals surface area contributed by atoms with Gasteiger partial charge in [0.05, 0.1) is 5.52 Å². The molecular formula is C28H33N7O3. The number of hydrogen-bond donors (Lipinski definition) is 2. The third-order valence-electron chi connectivity index (χ3n) is 6.64. The Morgan fingerprint density at radius 3 is 2.74 bits per heavy atom. The van der Waals surface area contributed by atoms with Crippen molar-refractivity contribution in [3.05, 3.63) is 59.6 Å². The monoisotopic (exact) mass is 515 g/mol. The molecule has 0 aliphatic carbocycles. The Bertz CT molecular complexity index is 1390. The topological polar surface area (TPSA) is 134 Å². The number of nitrogens with two attached hydrogens (primary N) is 1. The number of carbonyl (C=O) groups excluding carboxylic acids is 3. The summed E-state index contributed by atoms with van der Waals surface area (Å²) in [5, 5.41) is 3.43. The highest BCUT2D eigenvalue weighted by molar-refractivity contribution is 5.96. The van der Waals surface area contributed by atoms with E-state index in [0.29, 0.717) is 43.4 Å². The number of benzene rings is 1. The van der Waals surface area contributed by atoms with Crippen molar-refractivity contribution in [2.24, 2.45) is 0 Å². The van der Waals surface area contributed by atoms with E-state index in [2.05, 4.69) is 27.2 Å². The van der Waals surface area contributed by atoms with Gasteiger partial charge >= 0.3 is 0 Å². The summed E-state index contributed by atoms with van der Waals surface area (Å²) in [6.45, 7) is 6.63. The molecule has 10 nitrogen and oxygen atoms in total. The zero-order chi connectivity index (χ0) is 27.2. The lowest BCUT2D eigenvalue weighted by atomic mass is 10.0. The van der Waals surface area contributed by atoms with Crippen molar-refractivity contribution in [3.8, 4) is 0 Å². The van der Waals surface area contributed by atoms with Gasteiger partial charge in [-0.15, -0.1) is 0 Å². The number of anilines is 2. The van der Waals surface area contributed by atoms with Crippen molar-refractivity contribution in [3.63, 3.8) is 0 Å². The Labute approximate surface area is 222 Å². The fraction of sp³-hybridized carbons (Fsp3) is 0.357. The SMILES string of the molecule is CCCC[C@H]1C(=O)N(Cc2ccc3c(N)ncnc3c2)CCN1C(=O)C=Cc1ccc(NC(C)=O)nc1C. The minimum Gasteiger partial charge on any atom is -0.383 e. The van der Waals surface area contributed by atoms with Crippen molar-refractivity contribution >= 4 is 46.3 Å². The van der Waals surface area contributed by atoms with Crippen LogP contribution in [0.3, 0.4) is 0 Å². The van der Waals surface area contributed by atoms with Crippen molar-refractivity contribution in [1.29, 1.82) is 0 Å². The summed E-state index contributed by atoms with van der Waals surface area (Å²) in [5.41, 5.74) is 9.07. The lowest BCUT2D eigenvalue weighted by Crippen LogP contribution is -2.58. The first kappa shape index (κ1) is 26.7. The van der Waals surface area contributed by atoms with Crippen LogP contribution in [-0.2, 0) is 20.9 Å². The number of piperazine rings is 1. The van der Waals surface area contributed by atoms with Crippen molar-refractivity contribution in [1.82, 2.24) is 24.8 Å². The summed E-state index contributed by atoms with van der Waals surface area (Å²) in [5.74, 6) is 0.430. The molecule has 0 spiro atoms. The summed E-state index contributed by atoms with van der Waals surface area (Å²) in [6, 6.07) is 8.72. The number of unbranched alkanes of at least 4 members (excludes halogenated alkanes) is 1. The minimum absolute atomic E-state index is 0.0498. The van der Waals surface area contributed by atoms with Gasteiger partial charge in [-0.05, 0) is 54.8 Å². The molecule has 1 saturated heterocycles. The second-order valence-electron chi connectivity index (χ2n) is 9.45. The molecule has 0 unspecified atom stereocenters. The van der Waals surface area contributed by atoms with Crippen LogP contribution in [0.1, 0.15) is 49.9 Å². The van der Waals surface area contributed by atoms with Crippen LogP contribution in [0.5, 0.6) is 0 Å². The molecular weight excluding hydrogens is 482 g/mol. The van der Waals surface area contributed by atoms with Gasteiger partial charge in [0.25, 0.3) is 0 Å². The highest BCUT2D eigenvalue weighted by Crippen LogP contribution is 2.23. The summed E-state index contributed by atoms with van der Waals surface area (Å²) in [4.78, 5) is 54.2. The largest absolute Gasteiger partial charge is 0.383 e. The number of nitrogens with zero attached hydrogens (tertiary/aromatic N) is 5. The van der Waals surface area contributed by atoms with E-state index in [4.69, 9.17) is 5.73 Å². The molecule has 10 heteroatoms. The molecule has 0 saturated carbocycles. The van der Waals surface area contributed by atoms with Gasteiger partial charge in [0.15, 0.2) is 0 Å². The number of amides is 3. The third kappa shape index (κ3) is 6.13. The number of nitrogens with one attached hydrogen (secondary N) is 1. The van der Waals surface area contributed by atoms with E-state index >= 15 is 0 Å². The molecule has 2 aromatic heterocycles. The van der Waals surface area contributed by atoms with Crippen LogP contribution in [-0.4, -0.2) is 61.6 Å². The number of hydrogen-bond acceptors (Lipinski definition) is 7. The van der Waals surface area contributed by atoms with Crippen molar-refractivity contribution in [2.45, 2.75) is 52.6 Å². The predicted octanol–water partition coefficient (Wildman–Crippen LogP) is 3.32. The zero-order valence-corrected chi connectivity index (χ0v) is 22.0. The van der Waals surface area contributed by atoms with E-state index in [9.17, 15) is 14.4 Å². The normalized spacial score (nSPS) is 15.9. The van der Waals surface area contributed by atoms with Gasteiger partial charge in [-0.3, -0.25) is 14.4 Å². The maximum Gasteiger partial charge on any atom is 0.247 e. The van der Waals surface area contributed by atoms with Gasteiger partial charge < -0.3 is 20.9 Å². The van der Waals surface area contributed by atoms with Crippen LogP contribution in [0.15, 0.2) is 42.7 Å². The van der Waals surface area contributed by atoms with Crippen molar-refractivity contribution < 1.29 is 14.4 Å². The maximum absolute atomic E-state index is 13.5. The average Bonchev–Trinajstić information content (AvgIpc) is 2.88. The van der Waals surface area contributed by atoms with Crippen molar-refractivity contribution in [2.75, 3.05) is 24.1 Å². The Kier molecular flexibility index (Phi) is 8.30. The molecule has 1 atom stereocenters. The fourth-order valence-corrected chi connectivity index (χ4v) is 4.63. The molecule has 4 rings (SSSR count). The minimum atomic E-state index is -0.513. The van der Waals surface area contributed by atoms with E-state index in [1.54, 1.807) is 23.1 Å². The molecule has 198 valence electrons. The number of pyridine rings is 1. The molecule has 1 aliphatic heterocycles. The average molecular weight is 516 g/mol. The number of nitrogen functional groups attached to an aromatic ring is 1. The summed E-state index contributed by atoms with van der Waals surface area (Å²) >= 11 is 0. The molecule has 1 aliphatic rings. The summed E-state index contributed by atoms with van der Waals surface area (Å²) < 4.78 is 0. The van der Waals surface area contributed by atoms with Gasteiger partial charge in [0.2, 0.25) is 17.7 Å². The number of aryl methyl sites for hydroxylation is 1. The third-order valence-corrected chi connectivity index (χ3v) is 6.64. The van der Waals surface area contributed by atoms with Gasteiger partial charge in [0.1, 0.15) is 24.0 Å². The van der Waals surface area contributed by atoms with E-state index in [1.165, 1.54) is 19.3 Å². The van der Waals surface area contributed by atoms with E-state index in [0.717, 1.165) is 34.9 Å². The number of carbonyl (C=O) groups is 3. The lowest BCUT2D eigenvalue weighted by molar-refractivity contribution is -0.150.